The topological polar surface area (TPSA) is 108 Å². The first-order valence-electron chi connectivity index (χ1n) is 7.96. The van der Waals surface area contributed by atoms with Gasteiger partial charge in [0.1, 0.15) is 0 Å². The highest BCUT2D eigenvalue weighted by Crippen LogP contribution is 2.12. The maximum atomic E-state index is 12.7. The van der Waals surface area contributed by atoms with Crippen LogP contribution in [0.2, 0.25) is 0 Å². The third-order valence-electron chi connectivity index (χ3n) is 3.99. The second-order valence-electron chi connectivity index (χ2n) is 5.73. The minimum absolute atomic E-state index is 0.179. The number of para-hydroxylation sites is 2. The molecule has 3 heterocycles. The van der Waals surface area contributed by atoms with Gasteiger partial charge in [-0.3, -0.25) is 14.9 Å². The number of benzene rings is 1. The number of nitrogens with zero attached hydrogens (tertiary/aromatic N) is 4. The first kappa shape index (κ1) is 15.1. The van der Waals surface area contributed by atoms with Gasteiger partial charge < -0.3 is 9.97 Å². The Morgan fingerprint density at radius 2 is 2.20 bits per heavy atom. The summed E-state index contributed by atoms with van der Waals surface area (Å²) in [6, 6.07) is 7.65. The van der Waals surface area contributed by atoms with E-state index in [1.54, 1.807) is 18.7 Å². The second-order valence-corrected chi connectivity index (χ2v) is 5.73. The number of imidazole rings is 2. The molecule has 0 saturated heterocycles. The fourth-order valence-corrected chi connectivity index (χ4v) is 2.67. The van der Waals surface area contributed by atoms with Crippen LogP contribution in [0.4, 0.5) is 0 Å². The van der Waals surface area contributed by atoms with E-state index in [1.807, 2.05) is 31.2 Å². The summed E-state index contributed by atoms with van der Waals surface area (Å²) in [6.45, 7) is 2.42. The molecule has 0 saturated carbocycles. The van der Waals surface area contributed by atoms with Gasteiger partial charge in [0.15, 0.2) is 0 Å². The standard InChI is InChI=1S/C17H17N7O/c1-11-13(9-18-7-6-12-8-19-10-20-12)16(25)24(23-11)17-21-14-4-2-3-5-15(14)22-17/h2-5,8-10,23H,6-7H2,1H3,(H,19,20)(H,21,22). The quantitative estimate of drug-likeness (QED) is 0.483. The average molecular weight is 335 g/mol. The van der Waals surface area contributed by atoms with E-state index in [2.05, 4.69) is 30.0 Å². The number of aliphatic imine (C=N–C) groups is 1. The first-order valence-corrected chi connectivity index (χ1v) is 7.96. The summed E-state index contributed by atoms with van der Waals surface area (Å²) in [4.78, 5) is 31.6. The van der Waals surface area contributed by atoms with Crippen LogP contribution in [-0.4, -0.2) is 42.5 Å². The smallest absolute Gasteiger partial charge is 0.282 e. The molecule has 0 spiro atoms. The van der Waals surface area contributed by atoms with Crippen molar-refractivity contribution in [3.63, 3.8) is 0 Å². The Morgan fingerprint density at radius 1 is 1.32 bits per heavy atom. The van der Waals surface area contributed by atoms with Gasteiger partial charge in [0.25, 0.3) is 5.56 Å². The fourth-order valence-electron chi connectivity index (χ4n) is 2.67. The number of hydrogen-bond acceptors (Lipinski definition) is 4. The van der Waals surface area contributed by atoms with Crippen LogP contribution in [0.3, 0.4) is 0 Å². The van der Waals surface area contributed by atoms with Crippen molar-refractivity contribution in [3.05, 3.63) is 64.1 Å². The van der Waals surface area contributed by atoms with Gasteiger partial charge in [-0.1, -0.05) is 12.1 Å². The number of rotatable bonds is 5. The van der Waals surface area contributed by atoms with E-state index in [9.17, 15) is 4.79 Å². The number of aromatic nitrogens is 6. The number of hydrogen-bond donors (Lipinski definition) is 3. The van der Waals surface area contributed by atoms with Crippen LogP contribution in [0.15, 0.2) is 46.6 Å². The van der Waals surface area contributed by atoms with E-state index < -0.39 is 0 Å². The van der Waals surface area contributed by atoms with Gasteiger partial charge in [0.2, 0.25) is 5.95 Å². The van der Waals surface area contributed by atoms with Crippen LogP contribution in [0.5, 0.6) is 0 Å². The highest BCUT2D eigenvalue weighted by atomic mass is 16.1. The van der Waals surface area contributed by atoms with Gasteiger partial charge in [-0.15, -0.1) is 0 Å². The van der Waals surface area contributed by atoms with E-state index >= 15 is 0 Å². The zero-order valence-corrected chi connectivity index (χ0v) is 13.7. The largest absolute Gasteiger partial charge is 0.348 e. The van der Waals surface area contributed by atoms with Gasteiger partial charge in [-0.05, 0) is 19.1 Å². The van der Waals surface area contributed by atoms with Crippen molar-refractivity contribution >= 4 is 17.2 Å². The van der Waals surface area contributed by atoms with Gasteiger partial charge in [0.05, 0.1) is 22.9 Å². The Hall–Kier alpha value is -3.42. The molecule has 8 nitrogen and oxygen atoms in total. The van der Waals surface area contributed by atoms with Crippen LogP contribution in [0.1, 0.15) is 17.0 Å². The van der Waals surface area contributed by atoms with Crippen molar-refractivity contribution in [2.75, 3.05) is 6.54 Å². The van der Waals surface area contributed by atoms with Gasteiger partial charge in [0, 0.05) is 36.8 Å². The predicted octanol–water partition coefficient (Wildman–Crippen LogP) is 1.74. The summed E-state index contributed by atoms with van der Waals surface area (Å²) in [6.07, 6.45) is 5.77. The number of aromatic amines is 3. The fraction of sp³-hybridized carbons (Fsp3) is 0.176. The summed E-state index contributed by atoms with van der Waals surface area (Å²) in [5.41, 5.74) is 3.81. The Morgan fingerprint density at radius 3 is 3.00 bits per heavy atom. The molecule has 25 heavy (non-hydrogen) atoms. The molecule has 126 valence electrons. The van der Waals surface area contributed by atoms with Crippen molar-refractivity contribution < 1.29 is 0 Å². The zero-order chi connectivity index (χ0) is 17.2. The van der Waals surface area contributed by atoms with Crippen LogP contribution in [0.25, 0.3) is 17.0 Å². The maximum absolute atomic E-state index is 12.7. The summed E-state index contributed by atoms with van der Waals surface area (Å²) in [5, 5.41) is 3.05. The first-order chi connectivity index (χ1) is 12.2. The molecule has 0 unspecified atom stereocenters. The van der Waals surface area contributed by atoms with Gasteiger partial charge in [-0.2, -0.15) is 4.68 Å². The molecule has 0 amide bonds. The Balaban J connectivity index is 1.59. The lowest BCUT2D eigenvalue weighted by Gasteiger charge is -1.93. The maximum Gasteiger partial charge on any atom is 0.282 e. The lowest BCUT2D eigenvalue weighted by Crippen LogP contribution is -2.18. The molecule has 0 fully saturated rings. The molecule has 3 N–H and O–H groups in total. The highest BCUT2D eigenvalue weighted by Gasteiger charge is 2.13. The number of nitrogens with one attached hydrogen (secondary N) is 3. The highest BCUT2D eigenvalue weighted by molar-refractivity contribution is 5.81. The molecule has 4 aromatic rings. The predicted molar refractivity (Wildman–Crippen MR) is 95.5 cm³/mol. The summed E-state index contributed by atoms with van der Waals surface area (Å²) in [7, 11) is 0. The molecule has 0 aliphatic heterocycles. The number of fused-ring (bicyclic) bond motifs is 1. The average Bonchev–Trinajstić information content (AvgIpc) is 3.32. The molecule has 4 rings (SSSR count). The number of H-pyrrole nitrogens is 3. The van der Waals surface area contributed by atoms with E-state index in [0.29, 0.717) is 18.1 Å². The Labute approximate surface area is 142 Å². The van der Waals surface area contributed by atoms with E-state index in [4.69, 9.17) is 0 Å². The molecule has 3 aromatic heterocycles. The molecule has 8 heteroatoms. The molecule has 0 aliphatic carbocycles. The Kier molecular flexibility index (Phi) is 3.77. The van der Waals surface area contributed by atoms with E-state index in [0.717, 1.165) is 28.8 Å². The molecule has 0 atom stereocenters. The van der Waals surface area contributed by atoms with Crippen molar-refractivity contribution in [1.29, 1.82) is 0 Å². The van der Waals surface area contributed by atoms with Gasteiger partial charge >= 0.3 is 0 Å². The lowest BCUT2D eigenvalue weighted by molar-refractivity contribution is 0.791. The van der Waals surface area contributed by atoms with Crippen molar-refractivity contribution in [3.8, 4) is 5.95 Å². The van der Waals surface area contributed by atoms with Gasteiger partial charge in [-0.25, -0.2) is 9.97 Å². The van der Waals surface area contributed by atoms with Crippen molar-refractivity contribution in [1.82, 2.24) is 29.7 Å². The second kappa shape index (κ2) is 6.23. The van der Waals surface area contributed by atoms with Crippen molar-refractivity contribution in [2.24, 2.45) is 4.99 Å². The van der Waals surface area contributed by atoms with Crippen LogP contribution < -0.4 is 5.56 Å². The summed E-state index contributed by atoms with van der Waals surface area (Å²) in [5.74, 6) is 0.464. The molecular weight excluding hydrogens is 318 g/mol. The molecular formula is C17H17N7O. The SMILES string of the molecule is Cc1[nH]n(-c2nc3ccccc3[nH]2)c(=O)c1C=NCCc1cnc[nH]1. The monoisotopic (exact) mass is 335 g/mol. The third-order valence-corrected chi connectivity index (χ3v) is 3.99. The van der Waals surface area contributed by atoms with E-state index in [-0.39, 0.29) is 5.56 Å². The molecule has 1 aromatic carbocycles. The van der Waals surface area contributed by atoms with E-state index in [1.165, 1.54) is 4.68 Å². The van der Waals surface area contributed by atoms with Crippen molar-refractivity contribution in [2.45, 2.75) is 13.3 Å². The minimum Gasteiger partial charge on any atom is -0.348 e. The molecule has 0 radical (unpaired) electrons. The minimum atomic E-state index is -0.179. The lowest BCUT2D eigenvalue weighted by atomic mass is 10.3. The summed E-state index contributed by atoms with van der Waals surface area (Å²) < 4.78 is 1.41. The Bertz CT molecular complexity index is 1050. The number of aryl methyl sites for hydroxylation is 1. The van der Waals surface area contributed by atoms with Crippen LogP contribution >= 0.6 is 0 Å². The summed E-state index contributed by atoms with van der Waals surface area (Å²) >= 11 is 0. The molecule has 0 bridgehead atoms. The normalized spacial score (nSPS) is 11.7. The molecule has 0 aliphatic rings. The third kappa shape index (κ3) is 2.89. The van der Waals surface area contributed by atoms with Crippen LogP contribution in [0, 0.1) is 6.92 Å². The van der Waals surface area contributed by atoms with Crippen LogP contribution in [-0.2, 0) is 6.42 Å². The zero-order valence-electron chi connectivity index (χ0n) is 13.7.